The van der Waals surface area contributed by atoms with E-state index in [1.54, 1.807) is 26.5 Å². The van der Waals surface area contributed by atoms with Crippen LogP contribution in [0.25, 0.3) is 0 Å². The molecule has 5 heteroatoms. The molecule has 0 saturated carbocycles. The number of nitrogens with zero attached hydrogens (tertiary/aromatic N) is 1. The molecule has 0 aliphatic rings. The van der Waals surface area contributed by atoms with Gasteiger partial charge >= 0.3 is 0 Å². The normalized spacial score (nSPS) is 12.2. The summed E-state index contributed by atoms with van der Waals surface area (Å²) in [6, 6.07) is 4.01. The highest BCUT2D eigenvalue weighted by molar-refractivity contribution is 5.42. The molecule has 1 atom stereocenters. The van der Waals surface area contributed by atoms with Crippen molar-refractivity contribution in [3.8, 4) is 11.5 Å². The van der Waals surface area contributed by atoms with Crippen molar-refractivity contribution in [2.75, 3.05) is 14.2 Å². The average molecular weight is 290 g/mol. The summed E-state index contributed by atoms with van der Waals surface area (Å²) in [7, 11) is 3.24. The number of hydrogen-bond acceptors (Lipinski definition) is 5. The molecule has 0 aliphatic carbocycles. The van der Waals surface area contributed by atoms with E-state index in [0.717, 1.165) is 22.8 Å². The van der Waals surface area contributed by atoms with Crippen LogP contribution in [0, 0.1) is 13.8 Å². The molecular weight excluding hydrogens is 268 g/mol. The predicted molar refractivity (Wildman–Crippen MR) is 80.8 cm³/mol. The van der Waals surface area contributed by atoms with Crippen molar-refractivity contribution in [2.24, 2.45) is 0 Å². The van der Waals surface area contributed by atoms with Gasteiger partial charge in [0.25, 0.3) is 0 Å². The molecule has 2 heterocycles. The van der Waals surface area contributed by atoms with Crippen molar-refractivity contribution in [3.63, 3.8) is 0 Å². The number of furan rings is 1. The number of hydrogen-bond donors (Lipinski definition) is 1. The maximum absolute atomic E-state index is 5.57. The van der Waals surface area contributed by atoms with Crippen LogP contribution in [0.2, 0.25) is 0 Å². The Bertz CT molecular complexity index is 608. The van der Waals surface area contributed by atoms with E-state index in [4.69, 9.17) is 13.9 Å². The maximum atomic E-state index is 5.57. The second kappa shape index (κ2) is 6.63. The molecule has 0 spiro atoms. The topological polar surface area (TPSA) is 56.5 Å². The lowest BCUT2D eigenvalue weighted by Gasteiger charge is -2.15. The Morgan fingerprint density at radius 1 is 1.29 bits per heavy atom. The highest BCUT2D eigenvalue weighted by atomic mass is 16.5. The number of methoxy groups -OCH3 is 2. The number of rotatable bonds is 6. The Morgan fingerprint density at radius 2 is 2.05 bits per heavy atom. The first-order chi connectivity index (χ1) is 10.1. The lowest BCUT2D eigenvalue weighted by atomic mass is 10.1. The van der Waals surface area contributed by atoms with Gasteiger partial charge in [0.05, 0.1) is 19.9 Å². The van der Waals surface area contributed by atoms with Gasteiger partial charge in [-0.05, 0) is 26.8 Å². The minimum absolute atomic E-state index is 0.167. The fourth-order valence-corrected chi connectivity index (χ4v) is 2.42. The molecule has 2 aromatic rings. The number of aryl methyl sites for hydroxylation is 2. The number of pyridine rings is 1. The Hall–Kier alpha value is -2.01. The molecular formula is C16H22N2O3. The molecule has 1 unspecified atom stereocenters. The summed E-state index contributed by atoms with van der Waals surface area (Å²) in [5, 5.41) is 3.44. The third-order valence-electron chi connectivity index (χ3n) is 3.49. The summed E-state index contributed by atoms with van der Waals surface area (Å²) in [5.41, 5.74) is 1.98. The van der Waals surface area contributed by atoms with Crippen LogP contribution in [0.15, 0.2) is 22.7 Å². The lowest BCUT2D eigenvalue weighted by molar-refractivity contribution is 0.347. The van der Waals surface area contributed by atoms with Crippen LogP contribution in [-0.4, -0.2) is 19.2 Å². The maximum Gasteiger partial charge on any atom is 0.183 e. The van der Waals surface area contributed by atoms with Crippen molar-refractivity contribution < 1.29 is 13.9 Å². The summed E-state index contributed by atoms with van der Waals surface area (Å²) in [5.74, 6) is 3.22. The van der Waals surface area contributed by atoms with E-state index in [9.17, 15) is 0 Å². The van der Waals surface area contributed by atoms with Gasteiger partial charge in [0.2, 0.25) is 0 Å². The van der Waals surface area contributed by atoms with Crippen molar-refractivity contribution in [2.45, 2.75) is 33.4 Å². The fraction of sp³-hybridized carbons (Fsp3) is 0.438. The van der Waals surface area contributed by atoms with Gasteiger partial charge in [-0.2, -0.15) is 0 Å². The van der Waals surface area contributed by atoms with Crippen LogP contribution >= 0.6 is 0 Å². The zero-order valence-corrected chi connectivity index (χ0v) is 13.2. The summed E-state index contributed by atoms with van der Waals surface area (Å²) in [6.07, 6.45) is 1.72. The standard InChI is InChI=1S/C16H22N2O3/c1-10-8-13(12(3)21-10)11(2)18-9-14-16(20-5)15(19-4)6-7-17-14/h6-8,11,18H,9H2,1-5H3. The zero-order chi connectivity index (χ0) is 15.4. The first kappa shape index (κ1) is 15.4. The van der Waals surface area contributed by atoms with E-state index in [1.165, 1.54) is 0 Å². The second-order valence-corrected chi connectivity index (χ2v) is 4.96. The molecule has 114 valence electrons. The van der Waals surface area contributed by atoms with Gasteiger partial charge < -0.3 is 19.2 Å². The monoisotopic (exact) mass is 290 g/mol. The Kier molecular flexibility index (Phi) is 4.85. The molecule has 5 nitrogen and oxygen atoms in total. The van der Waals surface area contributed by atoms with Crippen molar-refractivity contribution in [3.05, 3.63) is 41.1 Å². The molecule has 0 aromatic carbocycles. The number of nitrogens with one attached hydrogen (secondary N) is 1. The van der Waals surface area contributed by atoms with Gasteiger partial charge in [0.1, 0.15) is 11.5 Å². The predicted octanol–water partition coefficient (Wildman–Crippen LogP) is 3.16. The Morgan fingerprint density at radius 3 is 2.62 bits per heavy atom. The average Bonchev–Trinajstić information content (AvgIpc) is 2.82. The third-order valence-corrected chi connectivity index (χ3v) is 3.49. The van der Waals surface area contributed by atoms with E-state index in [0.29, 0.717) is 18.0 Å². The van der Waals surface area contributed by atoms with Crippen LogP contribution < -0.4 is 14.8 Å². The summed E-state index contributed by atoms with van der Waals surface area (Å²) in [4.78, 5) is 4.36. The molecule has 0 saturated heterocycles. The molecule has 0 aliphatic heterocycles. The first-order valence-corrected chi connectivity index (χ1v) is 6.93. The van der Waals surface area contributed by atoms with Crippen LogP contribution in [0.3, 0.4) is 0 Å². The van der Waals surface area contributed by atoms with Gasteiger partial charge in [-0.3, -0.25) is 4.98 Å². The zero-order valence-electron chi connectivity index (χ0n) is 13.2. The largest absolute Gasteiger partial charge is 0.493 e. The minimum atomic E-state index is 0.167. The minimum Gasteiger partial charge on any atom is -0.493 e. The van der Waals surface area contributed by atoms with E-state index in [2.05, 4.69) is 23.3 Å². The van der Waals surface area contributed by atoms with Crippen LogP contribution in [0.5, 0.6) is 11.5 Å². The number of ether oxygens (including phenoxy) is 2. The number of aromatic nitrogens is 1. The fourth-order valence-electron chi connectivity index (χ4n) is 2.42. The van der Waals surface area contributed by atoms with E-state index >= 15 is 0 Å². The van der Waals surface area contributed by atoms with Gasteiger partial charge in [0.15, 0.2) is 11.5 Å². The van der Waals surface area contributed by atoms with Crippen LogP contribution in [0.1, 0.15) is 35.7 Å². The van der Waals surface area contributed by atoms with Gasteiger partial charge in [0, 0.05) is 30.4 Å². The lowest BCUT2D eigenvalue weighted by Crippen LogP contribution is -2.19. The third kappa shape index (κ3) is 3.36. The first-order valence-electron chi connectivity index (χ1n) is 6.93. The van der Waals surface area contributed by atoms with E-state index < -0.39 is 0 Å². The van der Waals surface area contributed by atoms with Crippen molar-refractivity contribution >= 4 is 0 Å². The van der Waals surface area contributed by atoms with Gasteiger partial charge in [-0.15, -0.1) is 0 Å². The smallest absolute Gasteiger partial charge is 0.183 e. The summed E-state index contributed by atoms with van der Waals surface area (Å²) >= 11 is 0. The molecule has 2 aromatic heterocycles. The summed E-state index contributed by atoms with van der Waals surface area (Å²) < 4.78 is 16.2. The molecule has 2 rings (SSSR count). The highest BCUT2D eigenvalue weighted by Gasteiger charge is 2.15. The van der Waals surface area contributed by atoms with Crippen LogP contribution in [-0.2, 0) is 6.54 Å². The molecule has 0 bridgehead atoms. The second-order valence-electron chi connectivity index (χ2n) is 4.96. The van der Waals surface area contributed by atoms with Gasteiger partial charge in [-0.1, -0.05) is 0 Å². The van der Waals surface area contributed by atoms with Gasteiger partial charge in [-0.25, -0.2) is 0 Å². The Labute approximate surface area is 125 Å². The Balaban J connectivity index is 2.11. The quantitative estimate of drug-likeness (QED) is 0.885. The molecule has 1 N–H and O–H groups in total. The van der Waals surface area contributed by atoms with Crippen molar-refractivity contribution in [1.82, 2.24) is 10.3 Å². The highest BCUT2D eigenvalue weighted by Crippen LogP contribution is 2.29. The molecule has 21 heavy (non-hydrogen) atoms. The van der Waals surface area contributed by atoms with Crippen molar-refractivity contribution in [1.29, 1.82) is 0 Å². The van der Waals surface area contributed by atoms with E-state index in [-0.39, 0.29) is 6.04 Å². The molecule has 0 fully saturated rings. The SMILES string of the molecule is COc1ccnc(CNC(C)c2cc(C)oc2C)c1OC. The summed E-state index contributed by atoms with van der Waals surface area (Å²) in [6.45, 7) is 6.62. The van der Waals surface area contributed by atoms with Crippen LogP contribution in [0.4, 0.5) is 0 Å². The van der Waals surface area contributed by atoms with E-state index in [1.807, 2.05) is 13.8 Å². The molecule has 0 amide bonds. The molecule has 0 radical (unpaired) electrons.